The Kier molecular flexibility index (Phi) is 2.50. The van der Waals surface area contributed by atoms with Gasteiger partial charge in [-0.2, -0.15) is 0 Å². The predicted octanol–water partition coefficient (Wildman–Crippen LogP) is 3.15. The lowest BCUT2D eigenvalue weighted by molar-refractivity contribution is 0.980. The van der Waals surface area contributed by atoms with Crippen LogP contribution in [0.1, 0.15) is 29.3 Å². The molecule has 2 N–H and O–H groups in total. The minimum Gasteiger partial charge on any atom is -0.326 e. The van der Waals surface area contributed by atoms with Crippen LogP contribution >= 0.6 is 11.3 Å². The molecule has 1 saturated carbocycles. The molecule has 16 heavy (non-hydrogen) atoms. The van der Waals surface area contributed by atoms with Gasteiger partial charge in [0.2, 0.25) is 0 Å². The van der Waals surface area contributed by atoms with E-state index in [1.165, 1.54) is 29.0 Å². The van der Waals surface area contributed by atoms with Crippen molar-refractivity contribution >= 4 is 11.3 Å². The Bertz CT molecular complexity index is 486. The lowest BCUT2D eigenvalue weighted by atomic mass is 10.2. The van der Waals surface area contributed by atoms with Crippen molar-refractivity contribution in [2.24, 2.45) is 5.73 Å². The molecule has 1 aliphatic rings. The number of hydrogen-bond donors (Lipinski definition) is 1. The molecule has 82 valence electrons. The molecule has 1 aliphatic carbocycles. The van der Waals surface area contributed by atoms with Crippen LogP contribution in [-0.2, 0) is 6.54 Å². The van der Waals surface area contributed by atoms with Gasteiger partial charge in [-0.1, -0.05) is 30.3 Å². The van der Waals surface area contributed by atoms with Crippen LogP contribution in [0, 0.1) is 0 Å². The van der Waals surface area contributed by atoms with Crippen LogP contribution in [0.15, 0.2) is 30.3 Å². The first kappa shape index (κ1) is 10.00. The Morgan fingerprint density at radius 2 is 2.00 bits per heavy atom. The smallest absolute Gasteiger partial charge is 0.123 e. The highest BCUT2D eigenvalue weighted by molar-refractivity contribution is 7.15. The highest BCUT2D eigenvalue weighted by Gasteiger charge is 2.29. The number of rotatable bonds is 3. The molecule has 3 rings (SSSR count). The largest absolute Gasteiger partial charge is 0.326 e. The van der Waals surface area contributed by atoms with Gasteiger partial charge in [-0.15, -0.1) is 11.3 Å². The monoisotopic (exact) mass is 230 g/mol. The van der Waals surface area contributed by atoms with Crippen LogP contribution < -0.4 is 5.73 Å². The summed E-state index contributed by atoms with van der Waals surface area (Å²) in [4.78, 5) is 6.02. The summed E-state index contributed by atoms with van der Waals surface area (Å²) in [7, 11) is 0. The summed E-state index contributed by atoms with van der Waals surface area (Å²) >= 11 is 1.74. The Balaban J connectivity index is 2.02. The highest BCUT2D eigenvalue weighted by atomic mass is 32.1. The lowest BCUT2D eigenvalue weighted by Gasteiger charge is -1.94. The highest BCUT2D eigenvalue weighted by Crippen LogP contribution is 2.43. The Morgan fingerprint density at radius 1 is 1.25 bits per heavy atom. The average molecular weight is 230 g/mol. The van der Waals surface area contributed by atoms with E-state index in [1.54, 1.807) is 11.3 Å². The molecular formula is C13H14N2S. The number of aromatic nitrogens is 1. The molecule has 1 aromatic heterocycles. The van der Waals surface area contributed by atoms with Crippen molar-refractivity contribution in [1.29, 1.82) is 0 Å². The third-order valence-electron chi connectivity index (χ3n) is 2.90. The third-order valence-corrected chi connectivity index (χ3v) is 4.04. The van der Waals surface area contributed by atoms with Gasteiger partial charge in [0.1, 0.15) is 5.01 Å². The van der Waals surface area contributed by atoms with Gasteiger partial charge in [0.25, 0.3) is 0 Å². The summed E-state index contributed by atoms with van der Waals surface area (Å²) in [6.07, 6.45) is 2.57. The minimum atomic E-state index is 0.621. The maximum atomic E-state index is 5.78. The first-order chi connectivity index (χ1) is 7.88. The molecule has 1 heterocycles. The molecule has 0 atom stereocenters. The van der Waals surface area contributed by atoms with Crippen LogP contribution in [0.2, 0.25) is 0 Å². The number of nitrogens with two attached hydrogens (primary N) is 1. The number of thiazole rings is 1. The van der Waals surface area contributed by atoms with Crippen molar-refractivity contribution in [2.45, 2.75) is 25.3 Å². The minimum absolute atomic E-state index is 0.621. The quantitative estimate of drug-likeness (QED) is 0.879. The van der Waals surface area contributed by atoms with Crippen LogP contribution in [0.4, 0.5) is 0 Å². The zero-order valence-electron chi connectivity index (χ0n) is 9.02. The second-order valence-electron chi connectivity index (χ2n) is 4.17. The Labute approximate surface area is 99.1 Å². The number of benzene rings is 1. The normalized spacial score (nSPS) is 15.3. The lowest BCUT2D eigenvalue weighted by Crippen LogP contribution is -1.96. The van der Waals surface area contributed by atoms with Gasteiger partial charge in [-0.25, -0.2) is 4.98 Å². The van der Waals surface area contributed by atoms with Crippen molar-refractivity contribution in [1.82, 2.24) is 4.98 Å². The molecule has 2 aromatic rings. The predicted molar refractivity (Wildman–Crippen MR) is 67.4 cm³/mol. The van der Waals surface area contributed by atoms with E-state index in [4.69, 9.17) is 10.7 Å². The second kappa shape index (κ2) is 4.00. The van der Waals surface area contributed by atoms with E-state index in [0.717, 1.165) is 5.01 Å². The van der Waals surface area contributed by atoms with Crippen molar-refractivity contribution in [3.63, 3.8) is 0 Å². The Hall–Kier alpha value is -1.19. The zero-order chi connectivity index (χ0) is 11.0. The SMILES string of the molecule is NCc1sc(-c2ccccc2)nc1C1CC1. The van der Waals surface area contributed by atoms with Crippen molar-refractivity contribution < 1.29 is 0 Å². The summed E-state index contributed by atoms with van der Waals surface area (Å²) in [5, 5.41) is 1.11. The molecule has 0 bridgehead atoms. The van der Waals surface area contributed by atoms with E-state index in [9.17, 15) is 0 Å². The van der Waals surface area contributed by atoms with Gasteiger partial charge in [-0.05, 0) is 12.8 Å². The van der Waals surface area contributed by atoms with E-state index in [2.05, 4.69) is 24.3 Å². The fourth-order valence-corrected chi connectivity index (χ4v) is 2.92. The van der Waals surface area contributed by atoms with E-state index in [-0.39, 0.29) is 0 Å². The molecule has 1 aromatic carbocycles. The third kappa shape index (κ3) is 1.77. The summed E-state index contributed by atoms with van der Waals surface area (Å²) in [6, 6.07) is 10.3. The van der Waals surface area contributed by atoms with E-state index in [0.29, 0.717) is 12.5 Å². The molecule has 0 amide bonds. The maximum Gasteiger partial charge on any atom is 0.123 e. The maximum absolute atomic E-state index is 5.78. The van der Waals surface area contributed by atoms with Crippen LogP contribution in [0.25, 0.3) is 10.6 Å². The van der Waals surface area contributed by atoms with Crippen LogP contribution in [0.5, 0.6) is 0 Å². The van der Waals surface area contributed by atoms with Gasteiger partial charge >= 0.3 is 0 Å². The molecule has 2 nitrogen and oxygen atoms in total. The topological polar surface area (TPSA) is 38.9 Å². The summed E-state index contributed by atoms with van der Waals surface area (Å²) in [6.45, 7) is 0.621. The molecule has 0 saturated heterocycles. The molecule has 1 fully saturated rings. The van der Waals surface area contributed by atoms with Crippen LogP contribution in [0.3, 0.4) is 0 Å². The molecule has 0 aliphatic heterocycles. The summed E-state index contributed by atoms with van der Waals surface area (Å²) in [5.41, 5.74) is 8.24. The Morgan fingerprint density at radius 3 is 2.62 bits per heavy atom. The number of nitrogens with zero attached hydrogens (tertiary/aromatic N) is 1. The van der Waals surface area contributed by atoms with E-state index >= 15 is 0 Å². The van der Waals surface area contributed by atoms with Gasteiger partial charge in [0, 0.05) is 22.9 Å². The van der Waals surface area contributed by atoms with Gasteiger partial charge in [-0.3, -0.25) is 0 Å². The fraction of sp³-hybridized carbons (Fsp3) is 0.308. The van der Waals surface area contributed by atoms with Gasteiger partial charge in [0.05, 0.1) is 5.69 Å². The van der Waals surface area contributed by atoms with Crippen molar-refractivity contribution in [3.8, 4) is 10.6 Å². The second-order valence-corrected chi connectivity index (χ2v) is 5.26. The van der Waals surface area contributed by atoms with E-state index < -0.39 is 0 Å². The van der Waals surface area contributed by atoms with Crippen molar-refractivity contribution in [2.75, 3.05) is 0 Å². The number of hydrogen-bond acceptors (Lipinski definition) is 3. The first-order valence-electron chi connectivity index (χ1n) is 5.63. The molecular weight excluding hydrogens is 216 g/mol. The summed E-state index contributed by atoms with van der Waals surface area (Å²) in [5.74, 6) is 0.687. The van der Waals surface area contributed by atoms with Gasteiger partial charge in [0.15, 0.2) is 0 Å². The van der Waals surface area contributed by atoms with E-state index in [1.807, 2.05) is 6.07 Å². The molecule has 0 unspecified atom stereocenters. The molecule has 0 spiro atoms. The molecule has 3 heteroatoms. The fourth-order valence-electron chi connectivity index (χ4n) is 1.89. The van der Waals surface area contributed by atoms with Gasteiger partial charge < -0.3 is 5.73 Å². The average Bonchev–Trinajstić information content (AvgIpc) is 3.10. The van der Waals surface area contributed by atoms with Crippen molar-refractivity contribution in [3.05, 3.63) is 40.9 Å². The standard InChI is InChI=1S/C13H14N2S/c14-8-11-12(9-6-7-9)15-13(16-11)10-4-2-1-3-5-10/h1-5,9H,6-8,14H2. The first-order valence-corrected chi connectivity index (χ1v) is 6.45. The summed E-state index contributed by atoms with van der Waals surface area (Å²) < 4.78 is 0. The zero-order valence-corrected chi connectivity index (χ0v) is 9.83. The molecule has 0 radical (unpaired) electrons. The van der Waals surface area contributed by atoms with Crippen LogP contribution in [-0.4, -0.2) is 4.98 Å².